The van der Waals surface area contributed by atoms with Gasteiger partial charge in [0.1, 0.15) is 11.8 Å². The molecular weight excluding hydrogens is 244 g/mol. The highest BCUT2D eigenvalue weighted by Crippen LogP contribution is 2.17. The summed E-state index contributed by atoms with van der Waals surface area (Å²) in [5.41, 5.74) is 0.435. The molecule has 5 nitrogen and oxygen atoms in total. The molecule has 0 spiro atoms. The third-order valence-electron chi connectivity index (χ3n) is 3.05. The van der Waals surface area contributed by atoms with E-state index in [1.54, 1.807) is 29.2 Å². The van der Waals surface area contributed by atoms with Crippen LogP contribution < -0.4 is 4.74 Å². The van der Waals surface area contributed by atoms with Crippen molar-refractivity contribution < 1.29 is 14.3 Å². The van der Waals surface area contributed by atoms with Crippen LogP contribution in [-0.4, -0.2) is 43.2 Å². The Bertz CT molecular complexity index is 496. The second-order valence-corrected chi connectivity index (χ2v) is 4.41. The number of benzene rings is 1. The molecule has 0 unspecified atom stereocenters. The van der Waals surface area contributed by atoms with E-state index < -0.39 is 0 Å². The van der Waals surface area contributed by atoms with Crippen molar-refractivity contribution in [3.8, 4) is 11.8 Å². The summed E-state index contributed by atoms with van der Waals surface area (Å²) in [5.74, 6) is 0.364. The average Bonchev–Trinajstić information content (AvgIpc) is 2.45. The topological polar surface area (TPSA) is 62.6 Å². The number of morpholine rings is 1. The monoisotopic (exact) mass is 260 g/mol. The summed E-state index contributed by atoms with van der Waals surface area (Å²) in [6.07, 6.45) is 0. The molecule has 0 saturated carbocycles. The minimum absolute atomic E-state index is 0.0525. The zero-order valence-corrected chi connectivity index (χ0v) is 10.8. The number of carbonyl (C=O) groups is 1. The molecule has 0 N–H and O–H groups in total. The van der Waals surface area contributed by atoms with Crippen molar-refractivity contribution in [3.05, 3.63) is 29.8 Å². The fourth-order valence-corrected chi connectivity index (χ4v) is 2.00. The van der Waals surface area contributed by atoms with Gasteiger partial charge in [0.05, 0.1) is 24.8 Å². The van der Waals surface area contributed by atoms with Crippen molar-refractivity contribution in [2.24, 2.45) is 0 Å². The second kappa shape index (κ2) is 6.21. The Morgan fingerprint density at radius 1 is 1.58 bits per heavy atom. The van der Waals surface area contributed by atoms with Crippen molar-refractivity contribution in [1.82, 2.24) is 4.90 Å². The van der Waals surface area contributed by atoms with Crippen LogP contribution in [0.2, 0.25) is 0 Å². The van der Waals surface area contributed by atoms with Crippen LogP contribution in [0.15, 0.2) is 24.3 Å². The van der Waals surface area contributed by atoms with E-state index in [4.69, 9.17) is 14.7 Å². The van der Waals surface area contributed by atoms with Crippen molar-refractivity contribution >= 4 is 5.91 Å². The molecule has 100 valence electrons. The summed E-state index contributed by atoms with van der Waals surface area (Å²) in [5, 5.41) is 8.93. The highest BCUT2D eigenvalue weighted by molar-refractivity contribution is 5.78. The minimum Gasteiger partial charge on any atom is -0.482 e. The summed E-state index contributed by atoms with van der Waals surface area (Å²) >= 11 is 0. The number of rotatable bonds is 3. The first-order chi connectivity index (χ1) is 9.22. The highest BCUT2D eigenvalue weighted by atomic mass is 16.5. The van der Waals surface area contributed by atoms with Crippen molar-refractivity contribution in [3.63, 3.8) is 0 Å². The van der Waals surface area contributed by atoms with Crippen LogP contribution in [0.5, 0.6) is 5.75 Å². The van der Waals surface area contributed by atoms with Crippen LogP contribution in [0.3, 0.4) is 0 Å². The standard InChI is InChI=1S/C14H16N2O3/c1-11-9-18-7-6-16(11)14(17)10-19-13-5-3-2-4-12(13)8-15/h2-5,11H,6-7,9-10H2,1H3/t11-/m1/s1. The van der Waals surface area contributed by atoms with Gasteiger partial charge in [0.2, 0.25) is 0 Å². The van der Waals surface area contributed by atoms with Gasteiger partial charge < -0.3 is 14.4 Å². The minimum atomic E-state index is -0.0801. The van der Waals surface area contributed by atoms with Crippen LogP contribution in [0.25, 0.3) is 0 Å². The molecule has 1 aromatic carbocycles. The molecule has 1 atom stereocenters. The van der Waals surface area contributed by atoms with Crippen LogP contribution in [0.1, 0.15) is 12.5 Å². The number of ether oxygens (including phenoxy) is 2. The van der Waals surface area contributed by atoms with Crippen molar-refractivity contribution in [1.29, 1.82) is 5.26 Å². The molecular formula is C14H16N2O3. The van der Waals surface area contributed by atoms with E-state index in [9.17, 15) is 4.79 Å². The van der Waals surface area contributed by atoms with Crippen LogP contribution in [-0.2, 0) is 9.53 Å². The molecule has 1 aromatic rings. The first-order valence-corrected chi connectivity index (χ1v) is 6.21. The summed E-state index contributed by atoms with van der Waals surface area (Å²) in [4.78, 5) is 13.8. The SMILES string of the molecule is C[C@@H]1COCCN1C(=O)COc1ccccc1C#N. The molecule has 1 amide bonds. The zero-order valence-electron chi connectivity index (χ0n) is 10.8. The van der Waals surface area contributed by atoms with Gasteiger partial charge >= 0.3 is 0 Å². The van der Waals surface area contributed by atoms with Crippen molar-refractivity contribution in [2.75, 3.05) is 26.4 Å². The molecule has 1 aliphatic rings. The lowest BCUT2D eigenvalue weighted by atomic mass is 10.2. The number of para-hydroxylation sites is 1. The molecule has 0 radical (unpaired) electrons. The number of nitrogens with zero attached hydrogens (tertiary/aromatic N) is 2. The number of carbonyl (C=O) groups excluding carboxylic acids is 1. The maximum absolute atomic E-state index is 12.0. The summed E-state index contributed by atoms with van der Waals surface area (Å²) in [6, 6.07) is 8.99. The smallest absolute Gasteiger partial charge is 0.260 e. The summed E-state index contributed by atoms with van der Waals surface area (Å²) < 4.78 is 10.7. The molecule has 1 fully saturated rings. The maximum atomic E-state index is 12.0. The number of nitriles is 1. The van der Waals surface area contributed by atoms with E-state index in [0.29, 0.717) is 31.1 Å². The highest BCUT2D eigenvalue weighted by Gasteiger charge is 2.24. The van der Waals surface area contributed by atoms with E-state index in [-0.39, 0.29) is 18.6 Å². The molecule has 0 bridgehead atoms. The van der Waals surface area contributed by atoms with Gasteiger partial charge in [-0.05, 0) is 19.1 Å². The average molecular weight is 260 g/mol. The van der Waals surface area contributed by atoms with Crippen molar-refractivity contribution in [2.45, 2.75) is 13.0 Å². The van der Waals surface area contributed by atoms with Gasteiger partial charge in [-0.3, -0.25) is 4.79 Å². The summed E-state index contributed by atoms with van der Waals surface area (Å²) in [6.45, 7) is 3.60. The molecule has 1 saturated heterocycles. The first kappa shape index (κ1) is 13.4. The lowest BCUT2D eigenvalue weighted by Gasteiger charge is -2.33. The predicted octanol–water partition coefficient (Wildman–Crippen LogP) is 1.18. The predicted molar refractivity (Wildman–Crippen MR) is 68.6 cm³/mol. The molecule has 2 rings (SSSR count). The van der Waals surface area contributed by atoms with E-state index in [0.717, 1.165) is 0 Å². The maximum Gasteiger partial charge on any atom is 0.260 e. The third-order valence-corrected chi connectivity index (χ3v) is 3.05. The van der Waals surface area contributed by atoms with Gasteiger partial charge in [-0.1, -0.05) is 12.1 Å². The Hall–Kier alpha value is -2.06. The number of amides is 1. The molecule has 1 aliphatic heterocycles. The van der Waals surface area contributed by atoms with Crippen LogP contribution >= 0.6 is 0 Å². The summed E-state index contributed by atoms with van der Waals surface area (Å²) in [7, 11) is 0. The Morgan fingerprint density at radius 3 is 3.11 bits per heavy atom. The Balaban J connectivity index is 1.95. The lowest BCUT2D eigenvalue weighted by molar-refractivity contribution is -0.141. The quantitative estimate of drug-likeness (QED) is 0.818. The van der Waals surface area contributed by atoms with Gasteiger partial charge in [-0.25, -0.2) is 0 Å². The van der Waals surface area contributed by atoms with Gasteiger partial charge in [-0.2, -0.15) is 5.26 Å². The van der Waals surface area contributed by atoms with Gasteiger partial charge in [-0.15, -0.1) is 0 Å². The number of hydrogen-bond donors (Lipinski definition) is 0. The normalized spacial score (nSPS) is 18.7. The van der Waals surface area contributed by atoms with E-state index in [1.807, 2.05) is 13.0 Å². The Labute approximate surface area is 112 Å². The fourth-order valence-electron chi connectivity index (χ4n) is 2.00. The first-order valence-electron chi connectivity index (χ1n) is 6.21. The molecule has 5 heteroatoms. The third kappa shape index (κ3) is 3.24. The lowest BCUT2D eigenvalue weighted by Crippen LogP contribution is -2.48. The molecule has 0 aliphatic carbocycles. The van der Waals surface area contributed by atoms with Gasteiger partial charge in [0, 0.05) is 6.54 Å². The fraction of sp³-hybridized carbons (Fsp3) is 0.429. The van der Waals surface area contributed by atoms with Crippen LogP contribution in [0.4, 0.5) is 0 Å². The largest absolute Gasteiger partial charge is 0.482 e. The van der Waals surface area contributed by atoms with Crippen LogP contribution in [0, 0.1) is 11.3 Å². The second-order valence-electron chi connectivity index (χ2n) is 4.41. The van der Waals surface area contributed by atoms with Gasteiger partial charge in [0.25, 0.3) is 5.91 Å². The number of hydrogen-bond acceptors (Lipinski definition) is 4. The van der Waals surface area contributed by atoms with E-state index in [2.05, 4.69) is 0 Å². The van der Waals surface area contributed by atoms with E-state index in [1.165, 1.54) is 0 Å². The Morgan fingerprint density at radius 2 is 2.37 bits per heavy atom. The van der Waals surface area contributed by atoms with Gasteiger partial charge in [0.15, 0.2) is 6.61 Å². The molecule has 0 aromatic heterocycles. The molecule has 1 heterocycles. The Kier molecular flexibility index (Phi) is 4.37. The molecule has 19 heavy (non-hydrogen) atoms. The zero-order chi connectivity index (χ0) is 13.7. The van der Waals surface area contributed by atoms with E-state index >= 15 is 0 Å².